The van der Waals surface area contributed by atoms with Gasteiger partial charge in [0.15, 0.2) is 0 Å². The van der Waals surface area contributed by atoms with E-state index < -0.39 is 0 Å². The maximum Gasteiger partial charge on any atom is 0.321 e. The van der Waals surface area contributed by atoms with E-state index in [-0.39, 0.29) is 18.0 Å². The Morgan fingerprint density at radius 3 is 2.79 bits per heavy atom. The van der Waals surface area contributed by atoms with Gasteiger partial charge in [-0.25, -0.2) is 4.79 Å². The number of hydrogen-bond acceptors (Lipinski definition) is 4. The molecule has 1 aliphatic heterocycles. The first-order valence-electron chi connectivity index (χ1n) is 8.35. The normalized spacial score (nSPS) is 26.0. The molecule has 3 rings (SSSR count). The molecule has 7 nitrogen and oxygen atoms in total. The number of fused-ring (bicyclic) bond motifs is 1. The van der Waals surface area contributed by atoms with Crippen LogP contribution in [0.1, 0.15) is 29.8 Å². The molecule has 2 aliphatic rings. The zero-order valence-corrected chi connectivity index (χ0v) is 14.1. The molecule has 2 N–H and O–H groups in total. The number of carbonyl (C=O) groups excluding carboxylic acids is 2. The molecule has 0 aromatic carbocycles. The van der Waals surface area contributed by atoms with E-state index in [4.69, 9.17) is 0 Å². The van der Waals surface area contributed by atoms with Crippen LogP contribution in [0.3, 0.4) is 0 Å². The first-order valence-corrected chi connectivity index (χ1v) is 8.35. The number of hydrogen-bond donors (Lipinski definition) is 2. The standard InChI is InChI=1S/C17H24N4O3/c1-20(2)16(23)15-8-13(5-6-18-15)19-17(24)21-9-11-3-4-14(22)7-12(11)10-21/h5-6,8,11-12,14,22H,3-4,7,9-10H2,1-2H3,(H,18,19,24). The number of pyridine rings is 1. The molecule has 2 heterocycles. The molecule has 3 amide bonds. The summed E-state index contributed by atoms with van der Waals surface area (Å²) in [5, 5.41) is 12.6. The second-order valence-electron chi connectivity index (χ2n) is 6.95. The number of carbonyl (C=O) groups is 2. The Kier molecular flexibility index (Phi) is 4.71. The highest BCUT2D eigenvalue weighted by molar-refractivity contribution is 5.95. The number of aromatic nitrogens is 1. The summed E-state index contributed by atoms with van der Waals surface area (Å²) in [7, 11) is 3.32. The van der Waals surface area contributed by atoms with Crippen LogP contribution in [0.15, 0.2) is 18.3 Å². The third-order valence-corrected chi connectivity index (χ3v) is 4.95. The summed E-state index contributed by atoms with van der Waals surface area (Å²) < 4.78 is 0. The zero-order valence-electron chi connectivity index (χ0n) is 14.1. The highest BCUT2D eigenvalue weighted by Crippen LogP contribution is 2.36. The number of amides is 3. The van der Waals surface area contributed by atoms with Gasteiger partial charge >= 0.3 is 6.03 Å². The lowest BCUT2D eigenvalue weighted by Crippen LogP contribution is -2.33. The van der Waals surface area contributed by atoms with E-state index in [2.05, 4.69) is 10.3 Å². The van der Waals surface area contributed by atoms with E-state index in [1.807, 2.05) is 0 Å². The van der Waals surface area contributed by atoms with E-state index in [1.54, 1.807) is 31.1 Å². The van der Waals surface area contributed by atoms with Crippen LogP contribution < -0.4 is 5.32 Å². The minimum Gasteiger partial charge on any atom is -0.393 e. The Labute approximate surface area is 141 Å². The molecule has 2 fully saturated rings. The van der Waals surface area contributed by atoms with Gasteiger partial charge in [-0.2, -0.15) is 0 Å². The molecule has 1 aromatic rings. The lowest BCUT2D eigenvalue weighted by Gasteiger charge is -2.27. The molecule has 1 saturated carbocycles. The molecule has 1 aliphatic carbocycles. The zero-order chi connectivity index (χ0) is 17.3. The Bertz CT molecular complexity index is 634. The number of nitrogens with one attached hydrogen (secondary N) is 1. The molecule has 0 spiro atoms. The van der Waals surface area contributed by atoms with Gasteiger partial charge in [0, 0.05) is 39.1 Å². The molecule has 1 aromatic heterocycles. The van der Waals surface area contributed by atoms with E-state index in [0.717, 1.165) is 25.8 Å². The van der Waals surface area contributed by atoms with Gasteiger partial charge in [-0.15, -0.1) is 0 Å². The van der Waals surface area contributed by atoms with Crippen molar-refractivity contribution in [3.8, 4) is 0 Å². The second-order valence-corrected chi connectivity index (χ2v) is 6.95. The fourth-order valence-electron chi connectivity index (χ4n) is 3.63. The summed E-state index contributed by atoms with van der Waals surface area (Å²) in [5.74, 6) is 0.678. The van der Waals surface area contributed by atoms with E-state index in [0.29, 0.717) is 29.8 Å². The van der Waals surface area contributed by atoms with Crippen molar-refractivity contribution >= 4 is 17.6 Å². The summed E-state index contributed by atoms with van der Waals surface area (Å²) in [4.78, 5) is 31.8. The van der Waals surface area contributed by atoms with Gasteiger partial charge in [0.05, 0.1) is 6.10 Å². The van der Waals surface area contributed by atoms with Crippen molar-refractivity contribution in [2.75, 3.05) is 32.5 Å². The molecule has 24 heavy (non-hydrogen) atoms. The largest absolute Gasteiger partial charge is 0.393 e. The van der Waals surface area contributed by atoms with Crippen molar-refractivity contribution in [2.45, 2.75) is 25.4 Å². The smallest absolute Gasteiger partial charge is 0.321 e. The summed E-state index contributed by atoms with van der Waals surface area (Å²) in [6.07, 6.45) is 3.88. The highest BCUT2D eigenvalue weighted by atomic mass is 16.3. The molecule has 130 valence electrons. The number of aliphatic hydroxyl groups is 1. The number of aliphatic hydroxyl groups excluding tert-OH is 1. The minimum absolute atomic E-state index is 0.159. The lowest BCUT2D eigenvalue weighted by molar-refractivity contribution is 0.0821. The number of anilines is 1. The van der Waals surface area contributed by atoms with Crippen molar-refractivity contribution in [2.24, 2.45) is 11.8 Å². The predicted molar refractivity (Wildman–Crippen MR) is 89.7 cm³/mol. The average Bonchev–Trinajstić information content (AvgIpc) is 2.97. The SMILES string of the molecule is CN(C)C(=O)c1cc(NC(=O)N2CC3CCC(O)CC3C2)ccn1. The molecule has 3 atom stereocenters. The molecule has 3 unspecified atom stereocenters. The van der Waals surface area contributed by atoms with E-state index in [9.17, 15) is 14.7 Å². The Morgan fingerprint density at radius 2 is 2.04 bits per heavy atom. The van der Waals surface area contributed by atoms with Crippen molar-refractivity contribution in [1.29, 1.82) is 0 Å². The van der Waals surface area contributed by atoms with Gasteiger partial charge in [0.2, 0.25) is 0 Å². The van der Waals surface area contributed by atoms with Crippen LogP contribution in [0.5, 0.6) is 0 Å². The van der Waals surface area contributed by atoms with Crippen LogP contribution in [0.4, 0.5) is 10.5 Å². The van der Waals surface area contributed by atoms with Crippen molar-refractivity contribution in [3.05, 3.63) is 24.0 Å². The van der Waals surface area contributed by atoms with Crippen LogP contribution in [-0.2, 0) is 0 Å². The monoisotopic (exact) mass is 332 g/mol. The average molecular weight is 332 g/mol. The topological polar surface area (TPSA) is 85.8 Å². The van der Waals surface area contributed by atoms with Crippen molar-refractivity contribution in [1.82, 2.24) is 14.8 Å². The highest BCUT2D eigenvalue weighted by Gasteiger charge is 2.38. The molecule has 0 radical (unpaired) electrons. The van der Waals surface area contributed by atoms with Gasteiger partial charge in [0.1, 0.15) is 5.69 Å². The summed E-state index contributed by atoms with van der Waals surface area (Å²) in [6, 6.07) is 3.11. The maximum atomic E-state index is 12.5. The van der Waals surface area contributed by atoms with Crippen LogP contribution in [0, 0.1) is 11.8 Å². The van der Waals surface area contributed by atoms with Gasteiger partial charge < -0.3 is 20.2 Å². The van der Waals surface area contributed by atoms with Gasteiger partial charge in [-0.1, -0.05) is 0 Å². The third kappa shape index (κ3) is 3.51. The van der Waals surface area contributed by atoms with Crippen molar-refractivity contribution < 1.29 is 14.7 Å². The van der Waals surface area contributed by atoms with E-state index >= 15 is 0 Å². The fourth-order valence-corrected chi connectivity index (χ4v) is 3.63. The van der Waals surface area contributed by atoms with Gasteiger partial charge in [-0.05, 0) is 43.2 Å². The molecule has 7 heteroatoms. The van der Waals surface area contributed by atoms with Crippen LogP contribution in [0.2, 0.25) is 0 Å². The minimum atomic E-state index is -0.228. The Balaban J connectivity index is 1.63. The maximum absolute atomic E-state index is 12.5. The van der Waals surface area contributed by atoms with E-state index in [1.165, 1.54) is 11.1 Å². The van der Waals surface area contributed by atoms with Crippen LogP contribution in [0.25, 0.3) is 0 Å². The second kappa shape index (κ2) is 6.76. The van der Waals surface area contributed by atoms with Crippen LogP contribution >= 0.6 is 0 Å². The van der Waals surface area contributed by atoms with Crippen LogP contribution in [-0.4, -0.2) is 65.1 Å². The Hall–Kier alpha value is -2.15. The molecule has 0 bridgehead atoms. The number of likely N-dealkylation sites (tertiary alicyclic amines) is 1. The van der Waals surface area contributed by atoms with Crippen molar-refractivity contribution in [3.63, 3.8) is 0 Å². The quantitative estimate of drug-likeness (QED) is 0.857. The summed E-state index contributed by atoms with van der Waals surface area (Å²) >= 11 is 0. The molecule has 1 saturated heterocycles. The molecular formula is C17H24N4O3. The summed E-state index contributed by atoms with van der Waals surface area (Å²) in [6.45, 7) is 1.42. The summed E-state index contributed by atoms with van der Waals surface area (Å²) in [5.41, 5.74) is 0.867. The Morgan fingerprint density at radius 1 is 1.29 bits per heavy atom. The van der Waals surface area contributed by atoms with Gasteiger partial charge in [0.25, 0.3) is 5.91 Å². The van der Waals surface area contributed by atoms with Gasteiger partial charge in [-0.3, -0.25) is 9.78 Å². The molecular weight excluding hydrogens is 308 g/mol. The predicted octanol–water partition coefficient (Wildman–Crippen LogP) is 1.41. The third-order valence-electron chi connectivity index (χ3n) is 4.95. The lowest BCUT2D eigenvalue weighted by atomic mass is 9.80. The first-order chi connectivity index (χ1) is 11.4. The number of urea groups is 1. The first kappa shape index (κ1) is 16.7. The fraction of sp³-hybridized carbons (Fsp3) is 0.588. The number of nitrogens with zero attached hydrogens (tertiary/aromatic N) is 3. The number of rotatable bonds is 2.